The highest BCUT2D eigenvalue weighted by molar-refractivity contribution is 5.98. The summed E-state index contributed by atoms with van der Waals surface area (Å²) in [5, 5.41) is 0. The van der Waals surface area contributed by atoms with Gasteiger partial charge in [-0.05, 0) is 36.1 Å². The van der Waals surface area contributed by atoms with Gasteiger partial charge in [-0.2, -0.15) is 0 Å². The number of ketones is 1. The number of carbonyl (C=O) groups excluding carboxylic acids is 2. The lowest BCUT2D eigenvalue weighted by Crippen LogP contribution is -2.15. The Morgan fingerprint density at radius 2 is 1.56 bits per heavy atom. The lowest BCUT2D eigenvalue weighted by Gasteiger charge is -2.09. The van der Waals surface area contributed by atoms with Gasteiger partial charge in [-0.15, -0.1) is 0 Å². The predicted molar refractivity (Wildman–Crippen MR) is 104 cm³/mol. The number of hydrogen-bond donors (Lipinski definition) is 0. The van der Waals surface area contributed by atoms with Crippen molar-refractivity contribution in [2.24, 2.45) is 0 Å². The van der Waals surface area contributed by atoms with Crippen molar-refractivity contribution in [2.45, 2.75) is 32.6 Å². The molecule has 0 fully saturated rings. The molecule has 0 heterocycles. The monoisotopic (exact) mass is 370 g/mol. The Morgan fingerprint density at radius 1 is 0.889 bits per heavy atom. The van der Waals surface area contributed by atoms with Gasteiger partial charge in [-0.25, -0.2) is 0 Å². The first-order valence-electron chi connectivity index (χ1n) is 9.06. The summed E-state index contributed by atoms with van der Waals surface area (Å²) >= 11 is 0. The van der Waals surface area contributed by atoms with E-state index in [2.05, 4.69) is 6.92 Å². The summed E-state index contributed by atoms with van der Waals surface area (Å²) in [7, 11) is 3.08. The number of unbranched alkanes of at least 4 members (excludes halogenated alkanes) is 1. The molecule has 0 atom stereocenters. The Morgan fingerprint density at radius 3 is 2.19 bits per heavy atom. The Bertz CT molecular complexity index is 765. The Balaban J connectivity index is 1.86. The largest absolute Gasteiger partial charge is 0.493 e. The molecule has 0 aromatic heterocycles. The van der Waals surface area contributed by atoms with Gasteiger partial charge < -0.3 is 14.2 Å². The Kier molecular flexibility index (Phi) is 7.86. The summed E-state index contributed by atoms with van der Waals surface area (Å²) in [4.78, 5) is 24.2. The number of Topliss-reactive ketones (excluding diaryl/α,β-unsaturated/α-hetero) is 1. The van der Waals surface area contributed by atoms with E-state index in [1.165, 1.54) is 12.7 Å². The van der Waals surface area contributed by atoms with Crippen molar-refractivity contribution in [3.63, 3.8) is 0 Å². The van der Waals surface area contributed by atoms with Crippen molar-refractivity contribution < 1.29 is 23.8 Å². The molecule has 0 aliphatic carbocycles. The summed E-state index contributed by atoms with van der Waals surface area (Å²) < 4.78 is 15.5. The van der Waals surface area contributed by atoms with Crippen LogP contribution in [-0.4, -0.2) is 32.6 Å². The van der Waals surface area contributed by atoms with E-state index in [0.717, 1.165) is 24.8 Å². The lowest BCUT2D eigenvalue weighted by molar-refractivity contribution is -0.141. The molecule has 2 aromatic carbocycles. The number of carbonyl (C=O) groups is 2. The van der Waals surface area contributed by atoms with E-state index in [4.69, 9.17) is 14.2 Å². The van der Waals surface area contributed by atoms with Crippen molar-refractivity contribution in [1.29, 1.82) is 0 Å². The van der Waals surface area contributed by atoms with Crippen LogP contribution >= 0.6 is 0 Å². The third-order valence-electron chi connectivity index (χ3n) is 4.26. The van der Waals surface area contributed by atoms with Crippen molar-refractivity contribution in [3.05, 3.63) is 59.2 Å². The number of ether oxygens (including phenoxy) is 3. The van der Waals surface area contributed by atoms with Crippen LogP contribution in [0, 0.1) is 0 Å². The van der Waals surface area contributed by atoms with Gasteiger partial charge in [0.25, 0.3) is 0 Å². The summed E-state index contributed by atoms with van der Waals surface area (Å²) in [5.74, 6) is 0.460. The second-order valence-corrected chi connectivity index (χ2v) is 6.25. The van der Waals surface area contributed by atoms with Crippen LogP contribution in [0.2, 0.25) is 0 Å². The molecule has 144 valence electrons. The first kappa shape index (κ1) is 20.5. The third kappa shape index (κ3) is 6.13. The highest BCUT2D eigenvalue weighted by Crippen LogP contribution is 2.27. The van der Waals surface area contributed by atoms with Gasteiger partial charge in [0.15, 0.2) is 23.9 Å². The van der Waals surface area contributed by atoms with Gasteiger partial charge in [-0.3, -0.25) is 9.59 Å². The molecule has 0 saturated heterocycles. The molecule has 0 N–H and O–H groups in total. The van der Waals surface area contributed by atoms with Crippen LogP contribution in [0.15, 0.2) is 42.5 Å². The van der Waals surface area contributed by atoms with E-state index < -0.39 is 5.97 Å². The summed E-state index contributed by atoms with van der Waals surface area (Å²) in [5.41, 5.74) is 2.48. The smallest absolute Gasteiger partial charge is 0.310 e. The number of benzene rings is 2. The van der Waals surface area contributed by atoms with Crippen LogP contribution in [0.3, 0.4) is 0 Å². The molecule has 2 aromatic rings. The van der Waals surface area contributed by atoms with Crippen LogP contribution in [0.25, 0.3) is 0 Å². The molecule has 0 spiro atoms. The SMILES string of the molecule is CCCCc1ccc(C(=O)COC(=O)Cc2ccc(OC)c(OC)c2)cc1. The minimum absolute atomic E-state index is 0.0591. The number of esters is 1. The molecule has 0 radical (unpaired) electrons. The van der Waals surface area contributed by atoms with E-state index in [1.54, 1.807) is 37.4 Å². The van der Waals surface area contributed by atoms with E-state index in [9.17, 15) is 9.59 Å². The van der Waals surface area contributed by atoms with Crippen LogP contribution in [0.4, 0.5) is 0 Å². The molecule has 0 bridgehead atoms. The Hall–Kier alpha value is -2.82. The van der Waals surface area contributed by atoms with Crippen molar-refractivity contribution in [2.75, 3.05) is 20.8 Å². The van der Waals surface area contributed by atoms with Crippen molar-refractivity contribution in [1.82, 2.24) is 0 Å². The zero-order valence-corrected chi connectivity index (χ0v) is 16.1. The maximum atomic E-state index is 12.2. The van der Waals surface area contributed by atoms with Crippen LogP contribution in [0.5, 0.6) is 11.5 Å². The Labute approximate surface area is 160 Å². The number of rotatable bonds is 10. The fourth-order valence-electron chi connectivity index (χ4n) is 2.68. The predicted octanol–water partition coefficient (Wildman–Crippen LogP) is 4.02. The minimum Gasteiger partial charge on any atom is -0.493 e. The second kappa shape index (κ2) is 10.4. The third-order valence-corrected chi connectivity index (χ3v) is 4.26. The number of aryl methyl sites for hydroxylation is 1. The lowest BCUT2D eigenvalue weighted by atomic mass is 10.0. The highest BCUT2D eigenvalue weighted by Gasteiger charge is 2.12. The molecular formula is C22H26O5. The molecule has 27 heavy (non-hydrogen) atoms. The van der Waals surface area contributed by atoms with E-state index in [1.807, 2.05) is 12.1 Å². The van der Waals surface area contributed by atoms with Gasteiger partial charge in [0, 0.05) is 5.56 Å². The molecule has 0 saturated carbocycles. The zero-order chi connectivity index (χ0) is 19.6. The fourth-order valence-corrected chi connectivity index (χ4v) is 2.68. The second-order valence-electron chi connectivity index (χ2n) is 6.25. The van der Waals surface area contributed by atoms with Crippen LogP contribution < -0.4 is 9.47 Å². The maximum Gasteiger partial charge on any atom is 0.310 e. The van der Waals surface area contributed by atoms with Gasteiger partial charge >= 0.3 is 5.97 Å². The molecule has 5 heteroatoms. The highest BCUT2D eigenvalue weighted by atomic mass is 16.5. The number of methoxy groups -OCH3 is 2. The molecule has 0 unspecified atom stereocenters. The average molecular weight is 370 g/mol. The summed E-state index contributed by atoms with van der Waals surface area (Å²) in [6.45, 7) is 1.88. The molecule has 2 rings (SSSR count). The van der Waals surface area contributed by atoms with Gasteiger partial charge in [0.05, 0.1) is 20.6 Å². The number of hydrogen-bond acceptors (Lipinski definition) is 5. The quantitative estimate of drug-likeness (QED) is 0.467. The van der Waals surface area contributed by atoms with Crippen LogP contribution in [0.1, 0.15) is 41.3 Å². The zero-order valence-electron chi connectivity index (χ0n) is 16.1. The normalized spacial score (nSPS) is 10.3. The first-order valence-corrected chi connectivity index (χ1v) is 9.06. The molecular weight excluding hydrogens is 344 g/mol. The van der Waals surface area contributed by atoms with Gasteiger partial charge in [-0.1, -0.05) is 43.7 Å². The van der Waals surface area contributed by atoms with Gasteiger partial charge in [0.2, 0.25) is 0 Å². The fraction of sp³-hybridized carbons (Fsp3) is 0.364. The van der Waals surface area contributed by atoms with Gasteiger partial charge in [0.1, 0.15) is 0 Å². The molecule has 0 aliphatic rings. The van der Waals surface area contributed by atoms with E-state index >= 15 is 0 Å². The molecule has 0 aliphatic heterocycles. The van der Waals surface area contributed by atoms with Crippen molar-refractivity contribution in [3.8, 4) is 11.5 Å². The maximum absolute atomic E-state index is 12.2. The topological polar surface area (TPSA) is 61.8 Å². The van der Waals surface area contributed by atoms with E-state index in [-0.39, 0.29) is 18.8 Å². The first-order chi connectivity index (χ1) is 13.1. The van der Waals surface area contributed by atoms with Crippen molar-refractivity contribution >= 4 is 11.8 Å². The minimum atomic E-state index is -0.463. The average Bonchev–Trinajstić information content (AvgIpc) is 2.70. The summed E-state index contributed by atoms with van der Waals surface area (Å²) in [6.07, 6.45) is 3.33. The standard InChI is InChI=1S/C22H26O5/c1-4-5-6-16-7-10-18(11-8-16)19(23)15-27-22(24)14-17-9-12-20(25-2)21(13-17)26-3/h7-13H,4-6,14-15H2,1-3H3. The molecule has 5 nitrogen and oxygen atoms in total. The van der Waals surface area contributed by atoms with E-state index in [0.29, 0.717) is 17.1 Å². The van der Waals surface area contributed by atoms with Crippen LogP contribution in [-0.2, 0) is 22.4 Å². The molecule has 0 amide bonds. The summed E-state index contributed by atoms with van der Waals surface area (Å²) in [6, 6.07) is 12.7.